The van der Waals surface area contributed by atoms with Crippen LogP contribution in [0.15, 0.2) is 41.4 Å². The molecular weight excluding hydrogens is 290 g/mol. The highest BCUT2D eigenvalue weighted by Crippen LogP contribution is 2.45. The molecule has 0 unspecified atom stereocenters. The molecule has 2 aliphatic rings. The van der Waals surface area contributed by atoms with Gasteiger partial charge in [0, 0.05) is 6.08 Å². The van der Waals surface area contributed by atoms with Gasteiger partial charge in [-0.1, -0.05) is 26.8 Å². The molecule has 122 valence electrons. The highest BCUT2D eigenvalue weighted by atomic mass is 16.5. The molecule has 1 spiro atoms. The van der Waals surface area contributed by atoms with E-state index in [1.807, 2.05) is 19.1 Å². The van der Waals surface area contributed by atoms with Gasteiger partial charge in [0.2, 0.25) is 5.72 Å². The van der Waals surface area contributed by atoms with Crippen molar-refractivity contribution in [3.8, 4) is 5.75 Å². The van der Waals surface area contributed by atoms with Gasteiger partial charge in [-0.3, -0.25) is 4.79 Å². The van der Waals surface area contributed by atoms with Crippen LogP contribution in [0.3, 0.4) is 0 Å². The second-order valence-corrected chi connectivity index (χ2v) is 7.27. The molecule has 1 aromatic carbocycles. The van der Waals surface area contributed by atoms with Crippen molar-refractivity contribution in [1.82, 2.24) is 0 Å². The van der Waals surface area contributed by atoms with Crippen LogP contribution < -0.4 is 10.1 Å². The number of anilines is 1. The first-order chi connectivity index (χ1) is 10.6. The van der Waals surface area contributed by atoms with Crippen molar-refractivity contribution in [2.24, 2.45) is 0 Å². The van der Waals surface area contributed by atoms with Gasteiger partial charge in [0.25, 0.3) is 0 Å². The number of rotatable bonds is 1. The van der Waals surface area contributed by atoms with E-state index >= 15 is 0 Å². The molecule has 4 heteroatoms. The summed E-state index contributed by atoms with van der Waals surface area (Å²) < 4.78 is 11.8. The Hall–Kier alpha value is -2.23. The molecule has 0 amide bonds. The zero-order valence-electron chi connectivity index (χ0n) is 14.5. The number of ketones is 1. The standard InChI is InChI=1S/C19H23NO3/c1-11-10-19(17(12(2)21)13(3)22-11)20-15-9-14(18(4,5)6)7-8-16(15)23-19/h7-10,20H,1-6H3/t19-/m1/s1. The Labute approximate surface area is 137 Å². The first-order valence-corrected chi connectivity index (χ1v) is 7.84. The molecule has 0 aromatic heterocycles. The summed E-state index contributed by atoms with van der Waals surface area (Å²) in [6, 6.07) is 6.12. The van der Waals surface area contributed by atoms with Crippen LogP contribution in [0.4, 0.5) is 5.69 Å². The van der Waals surface area contributed by atoms with Crippen molar-refractivity contribution in [3.05, 3.63) is 46.9 Å². The van der Waals surface area contributed by atoms with Gasteiger partial charge < -0.3 is 14.8 Å². The van der Waals surface area contributed by atoms with E-state index in [2.05, 4.69) is 38.2 Å². The fourth-order valence-electron chi connectivity index (χ4n) is 3.21. The Kier molecular flexibility index (Phi) is 3.32. The molecular formula is C19H23NO3. The van der Waals surface area contributed by atoms with Crippen LogP contribution in [-0.2, 0) is 14.9 Å². The average molecular weight is 313 g/mol. The van der Waals surface area contributed by atoms with Crippen LogP contribution in [0, 0.1) is 0 Å². The lowest BCUT2D eigenvalue weighted by Crippen LogP contribution is -2.45. The Morgan fingerprint density at radius 1 is 1.22 bits per heavy atom. The molecule has 1 atom stereocenters. The molecule has 0 radical (unpaired) electrons. The lowest BCUT2D eigenvalue weighted by molar-refractivity contribution is -0.115. The van der Waals surface area contributed by atoms with Crippen molar-refractivity contribution >= 4 is 11.5 Å². The molecule has 1 N–H and O–H groups in total. The molecule has 1 aromatic rings. The zero-order valence-corrected chi connectivity index (χ0v) is 14.5. The van der Waals surface area contributed by atoms with Gasteiger partial charge >= 0.3 is 0 Å². The molecule has 2 aliphatic heterocycles. The summed E-state index contributed by atoms with van der Waals surface area (Å²) in [6.07, 6.45) is 1.83. The predicted molar refractivity (Wildman–Crippen MR) is 90.3 cm³/mol. The average Bonchev–Trinajstić information content (AvgIpc) is 2.72. The molecule has 2 heterocycles. The largest absolute Gasteiger partial charge is 0.466 e. The third-order valence-electron chi connectivity index (χ3n) is 4.23. The maximum absolute atomic E-state index is 12.2. The number of fused-ring (bicyclic) bond motifs is 1. The van der Waals surface area contributed by atoms with Gasteiger partial charge in [-0.25, -0.2) is 0 Å². The number of ether oxygens (including phenoxy) is 2. The first-order valence-electron chi connectivity index (χ1n) is 7.84. The number of hydrogen-bond acceptors (Lipinski definition) is 4. The number of carbonyl (C=O) groups is 1. The number of allylic oxidation sites excluding steroid dienone is 2. The molecule has 0 bridgehead atoms. The van der Waals surface area contributed by atoms with E-state index in [0.717, 1.165) is 11.4 Å². The monoisotopic (exact) mass is 313 g/mol. The Morgan fingerprint density at radius 2 is 1.91 bits per heavy atom. The summed E-state index contributed by atoms with van der Waals surface area (Å²) in [7, 11) is 0. The highest BCUT2D eigenvalue weighted by Gasteiger charge is 2.47. The Morgan fingerprint density at radius 3 is 2.52 bits per heavy atom. The van der Waals surface area contributed by atoms with Gasteiger partial charge in [-0.15, -0.1) is 0 Å². The summed E-state index contributed by atoms with van der Waals surface area (Å²) in [5, 5.41) is 3.40. The van der Waals surface area contributed by atoms with E-state index in [4.69, 9.17) is 9.47 Å². The number of benzene rings is 1. The summed E-state index contributed by atoms with van der Waals surface area (Å²) in [5.74, 6) is 1.97. The van der Waals surface area contributed by atoms with Crippen LogP contribution >= 0.6 is 0 Å². The van der Waals surface area contributed by atoms with Crippen molar-refractivity contribution in [1.29, 1.82) is 0 Å². The van der Waals surface area contributed by atoms with E-state index < -0.39 is 5.72 Å². The predicted octanol–water partition coefficient (Wildman–Crippen LogP) is 4.28. The van der Waals surface area contributed by atoms with Gasteiger partial charge in [-0.05, 0) is 43.9 Å². The van der Waals surface area contributed by atoms with Crippen molar-refractivity contribution < 1.29 is 14.3 Å². The third kappa shape index (κ3) is 2.52. The second-order valence-electron chi connectivity index (χ2n) is 7.27. The number of hydrogen-bond donors (Lipinski definition) is 1. The maximum Gasteiger partial charge on any atom is 0.237 e. The van der Waals surface area contributed by atoms with E-state index in [-0.39, 0.29) is 11.2 Å². The lowest BCUT2D eigenvalue weighted by atomic mass is 9.87. The summed E-state index contributed by atoms with van der Waals surface area (Å²) in [5.41, 5.74) is 1.69. The molecule has 4 nitrogen and oxygen atoms in total. The minimum Gasteiger partial charge on any atom is -0.466 e. The second kappa shape index (κ2) is 4.88. The number of Topliss-reactive ketones (excluding diaryl/α,β-unsaturated/α-hetero) is 1. The van der Waals surface area contributed by atoms with Gasteiger partial charge in [0.05, 0.1) is 5.69 Å². The molecule has 23 heavy (non-hydrogen) atoms. The molecule has 0 saturated carbocycles. The van der Waals surface area contributed by atoms with Crippen molar-refractivity contribution in [3.63, 3.8) is 0 Å². The summed E-state index contributed by atoms with van der Waals surface area (Å²) in [6.45, 7) is 11.7. The van der Waals surface area contributed by atoms with E-state index in [9.17, 15) is 4.79 Å². The molecule has 0 aliphatic carbocycles. The zero-order chi connectivity index (χ0) is 17.0. The normalized spacial score (nSPS) is 23.0. The summed E-state index contributed by atoms with van der Waals surface area (Å²) >= 11 is 0. The Bertz CT molecular complexity index is 752. The van der Waals surface area contributed by atoms with E-state index in [1.54, 1.807) is 6.92 Å². The Balaban J connectivity index is 2.08. The summed E-state index contributed by atoms with van der Waals surface area (Å²) in [4.78, 5) is 12.2. The molecule has 3 rings (SSSR count). The lowest BCUT2D eigenvalue weighted by Gasteiger charge is -2.32. The van der Waals surface area contributed by atoms with Crippen LogP contribution in [0.25, 0.3) is 0 Å². The quantitative estimate of drug-likeness (QED) is 0.840. The van der Waals surface area contributed by atoms with Crippen LogP contribution in [0.2, 0.25) is 0 Å². The van der Waals surface area contributed by atoms with Crippen LogP contribution in [0.1, 0.15) is 47.1 Å². The smallest absolute Gasteiger partial charge is 0.237 e. The van der Waals surface area contributed by atoms with Crippen LogP contribution in [0.5, 0.6) is 5.75 Å². The van der Waals surface area contributed by atoms with Crippen LogP contribution in [-0.4, -0.2) is 11.5 Å². The van der Waals surface area contributed by atoms with Gasteiger partial charge in [0.1, 0.15) is 22.8 Å². The SMILES string of the molecule is CC(=O)C1=C(C)OC(C)=C[C@]12Nc1cc(C(C)(C)C)ccc1O2. The van der Waals surface area contributed by atoms with E-state index in [1.165, 1.54) is 12.5 Å². The fourth-order valence-corrected chi connectivity index (χ4v) is 3.21. The first kappa shape index (κ1) is 15.7. The van der Waals surface area contributed by atoms with Crippen molar-refractivity contribution in [2.45, 2.75) is 52.7 Å². The number of carbonyl (C=O) groups excluding carboxylic acids is 1. The topological polar surface area (TPSA) is 47.6 Å². The fraction of sp³-hybridized carbons (Fsp3) is 0.421. The minimum atomic E-state index is -0.975. The molecule has 0 fully saturated rings. The minimum absolute atomic E-state index is 0.0447. The van der Waals surface area contributed by atoms with Gasteiger partial charge in [-0.2, -0.15) is 0 Å². The third-order valence-corrected chi connectivity index (χ3v) is 4.23. The highest BCUT2D eigenvalue weighted by molar-refractivity contribution is 5.98. The van der Waals surface area contributed by atoms with Crippen molar-refractivity contribution in [2.75, 3.05) is 5.32 Å². The van der Waals surface area contributed by atoms with Gasteiger partial charge in [0.15, 0.2) is 5.78 Å². The maximum atomic E-state index is 12.2. The number of nitrogens with one attached hydrogen (secondary N) is 1. The van der Waals surface area contributed by atoms with E-state index in [0.29, 0.717) is 17.1 Å². The molecule has 0 saturated heterocycles.